The van der Waals surface area contributed by atoms with E-state index >= 15 is 0 Å². The van der Waals surface area contributed by atoms with Gasteiger partial charge in [0.1, 0.15) is 0 Å². The number of thiophene rings is 1. The molecule has 3 N–H and O–H groups in total. The molecule has 1 aliphatic heterocycles. The maximum Gasteiger partial charge on any atom is 0.249 e. The zero-order valence-corrected chi connectivity index (χ0v) is 16.4. The first-order chi connectivity index (χ1) is 12.3. The number of likely N-dealkylation sites (tertiary alicyclic amines) is 1. The number of nitrogens with two attached hydrogens (primary N) is 1. The lowest BCUT2D eigenvalue weighted by Gasteiger charge is -2.26. The summed E-state index contributed by atoms with van der Waals surface area (Å²) in [6, 6.07) is 1.85. The van der Waals surface area contributed by atoms with E-state index in [0.717, 1.165) is 28.4 Å². The quantitative estimate of drug-likeness (QED) is 0.800. The molecule has 2 amide bonds. The number of hydrogen-bond donors (Lipinski definition) is 2. The van der Waals surface area contributed by atoms with E-state index in [4.69, 9.17) is 5.73 Å². The summed E-state index contributed by atoms with van der Waals surface area (Å²) in [7, 11) is 3.81. The number of hydrogen-bond acceptors (Lipinski definition) is 5. The minimum absolute atomic E-state index is 0.0354. The summed E-state index contributed by atoms with van der Waals surface area (Å²) in [5.74, 6) is -0.0561. The molecule has 3 heterocycles. The molecule has 0 saturated carbocycles. The van der Waals surface area contributed by atoms with Crippen LogP contribution in [0.4, 0.5) is 0 Å². The topological polar surface area (TPSA) is 93.2 Å². The molecule has 0 aliphatic carbocycles. The summed E-state index contributed by atoms with van der Waals surface area (Å²) in [6.45, 7) is 5.43. The number of primary amides is 1. The van der Waals surface area contributed by atoms with Crippen molar-refractivity contribution in [1.29, 1.82) is 0 Å². The molecule has 0 bridgehead atoms. The molecule has 3 rings (SSSR count). The van der Waals surface area contributed by atoms with Gasteiger partial charge in [0.25, 0.3) is 0 Å². The van der Waals surface area contributed by atoms with Crippen LogP contribution in [0.2, 0.25) is 0 Å². The van der Waals surface area contributed by atoms with E-state index in [2.05, 4.69) is 10.4 Å². The third-order valence-corrected chi connectivity index (χ3v) is 6.14. The van der Waals surface area contributed by atoms with Crippen LogP contribution in [-0.4, -0.2) is 40.1 Å². The molecule has 26 heavy (non-hydrogen) atoms. The first-order valence-corrected chi connectivity index (χ1v) is 9.51. The van der Waals surface area contributed by atoms with Gasteiger partial charge in [-0.1, -0.05) is 0 Å². The monoisotopic (exact) mass is 375 g/mol. The van der Waals surface area contributed by atoms with Crippen LogP contribution >= 0.6 is 11.3 Å². The van der Waals surface area contributed by atoms with Crippen molar-refractivity contribution in [2.45, 2.75) is 32.9 Å². The molecular weight excluding hydrogens is 350 g/mol. The number of nitrogens with zero attached hydrogens (tertiary/aromatic N) is 3. The van der Waals surface area contributed by atoms with Gasteiger partial charge in [-0.25, -0.2) is 0 Å². The zero-order valence-electron chi connectivity index (χ0n) is 15.6. The average Bonchev–Trinajstić information content (AvgIpc) is 3.22. The van der Waals surface area contributed by atoms with Crippen molar-refractivity contribution in [2.24, 2.45) is 18.7 Å². The van der Waals surface area contributed by atoms with Gasteiger partial charge in [0.15, 0.2) is 0 Å². The van der Waals surface area contributed by atoms with Gasteiger partial charge in [0, 0.05) is 61.0 Å². The molecule has 2 atom stereocenters. The Balaban J connectivity index is 1.71. The van der Waals surface area contributed by atoms with Crippen molar-refractivity contribution >= 4 is 23.2 Å². The summed E-state index contributed by atoms with van der Waals surface area (Å²) in [5.41, 5.74) is 9.07. The Labute approximate surface area is 157 Å². The highest BCUT2D eigenvalue weighted by molar-refractivity contribution is 7.10. The van der Waals surface area contributed by atoms with Crippen LogP contribution in [0.3, 0.4) is 0 Å². The van der Waals surface area contributed by atoms with E-state index in [0.29, 0.717) is 18.5 Å². The van der Waals surface area contributed by atoms with Gasteiger partial charge in [-0.2, -0.15) is 5.10 Å². The SMILES string of the molecule is Cc1nn(C)c(C)c1[C@H]1[C@H](CNCc2cc(C(N)=O)cs2)CC(=O)N1C. The lowest BCUT2D eigenvalue weighted by Crippen LogP contribution is -2.29. The Morgan fingerprint density at radius 2 is 2.15 bits per heavy atom. The van der Waals surface area contributed by atoms with E-state index in [1.165, 1.54) is 11.3 Å². The molecule has 0 spiro atoms. The van der Waals surface area contributed by atoms with E-state index in [1.54, 1.807) is 5.38 Å². The van der Waals surface area contributed by atoms with Crippen LogP contribution < -0.4 is 11.1 Å². The van der Waals surface area contributed by atoms with Gasteiger partial charge < -0.3 is 16.0 Å². The van der Waals surface area contributed by atoms with Crippen molar-refractivity contribution in [1.82, 2.24) is 20.0 Å². The summed E-state index contributed by atoms with van der Waals surface area (Å²) >= 11 is 1.51. The fourth-order valence-corrected chi connectivity index (χ4v) is 4.61. The Kier molecular flexibility index (Phi) is 5.15. The van der Waals surface area contributed by atoms with Gasteiger partial charge in [-0.05, 0) is 19.9 Å². The maximum atomic E-state index is 12.3. The predicted octanol–water partition coefficient (Wildman–Crippen LogP) is 1.51. The second kappa shape index (κ2) is 7.20. The summed E-state index contributed by atoms with van der Waals surface area (Å²) in [6.07, 6.45) is 0.527. The maximum absolute atomic E-state index is 12.3. The fourth-order valence-electron chi connectivity index (χ4n) is 3.77. The van der Waals surface area contributed by atoms with Crippen LogP contribution in [-0.2, 0) is 18.4 Å². The Morgan fingerprint density at radius 1 is 1.42 bits per heavy atom. The average molecular weight is 375 g/mol. The third-order valence-electron chi connectivity index (χ3n) is 5.20. The lowest BCUT2D eigenvalue weighted by atomic mass is 9.92. The zero-order chi connectivity index (χ0) is 19.0. The molecule has 1 fully saturated rings. The molecule has 7 nitrogen and oxygen atoms in total. The molecular formula is C18H25N5O2S. The van der Waals surface area contributed by atoms with Crippen LogP contribution in [0.25, 0.3) is 0 Å². The summed E-state index contributed by atoms with van der Waals surface area (Å²) in [5, 5.41) is 9.72. The first-order valence-electron chi connectivity index (χ1n) is 8.63. The van der Waals surface area contributed by atoms with Crippen molar-refractivity contribution in [3.63, 3.8) is 0 Å². The smallest absolute Gasteiger partial charge is 0.249 e. The third kappa shape index (κ3) is 3.39. The van der Waals surface area contributed by atoms with Crippen LogP contribution in [0.15, 0.2) is 11.4 Å². The number of rotatable bonds is 6. The minimum Gasteiger partial charge on any atom is -0.366 e. The number of amides is 2. The van der Waals surface area contributed by atoms with Crippen molar-refractivity contribution < 1.29 is 9.59 Å². The molecule has 0 radical (unpaired) electrons. The van der Waals surface area contributed by atoms with Gasteiger partial charge in [-0.3, -0.25) is 14.3 Å². The van der Waals surface area contributed by atoms with Gasteiger partial charge in [0.2, 0.25) is 11.8 Å². The number of aryl methyl sites for hydroxylation is 2. The predicted molar refractivity (Wildman–Crippen MR) is 101 cm³/mol. The number of nitrogens with one attached hydrogen (secondary N) is 1. The largest absolute Gasteiger partial charge is 0.366 e. The summed E-state index contributed by atoms with van der Waals surface area (Å²) in [4.78, 5) is 26.4. The molecule has 1 aliphatic rings. The lowest BCUT2D eigenvalue weighted by molar-refractivity contribution is -0.127. The van der Waals surface area contributed by atoms with Crippen molar-refractivity contribution in [3.8, 4) is 0 Å². The number of carbonyl (C=O) groups is 2. The highest BCUT2D eigenvalue weighted by Gasteiger charge is 2.40. The second-order valence-corrected chi connectivity index (χ2v) is 7.91. The molecule has 0 aromatic carbocycles. The fraction of sp³-hybridized carbons (Fsp3) is 0.500. The molecule has 0 unspecified atom stereocenters. The number of aromatic nitrogens is 2. The van der Waals surface area contributed by atoms with E-state index < -0.39 is 5.91 Å². The highest BCUT2D eigenvalue weighted by atomic mass is 32.1. The van der Waals surface area contributed by atoms with Crippen molar-refractivity contribution in [2.75, 3.05) is 13.6 Å². The van der Waals surface area contributed by atoms with E-state index in [-0.39, 0.29) is 17.9 Å². The Hall–Kier alpha value is -2.19. The van der Waals surface area contributed by atoms with E-state index in [1.807, 2.05) is 43.6 Å². The molecule has 2 aromatic rings. The van der Waals surface area contributed by atoms with Gasteiger partial charge in [0.05, 0.1) is 17.3 Å². The minimum atomic E-state index is -0.405. The van der Waals surface area contributed by atoms with Gasteiger partial charge >= 0.3 is 0 Å². The molecule has 1 saturated heterocycles. The van der Waals surface area contributed by atoms with Crippen LogP contribution in [0.1, 0.15) is 44.6 Å². The Bertz CT molecular complexity index is 841. The first kappa shape index (κ1) is 18.6. The number of carbonyl (C=O) groups excluding carboxylic acids is 2. The molecule has 140 valence electrons. The molecule has 2 aromatic heterocycles. The summed E-state index contributed by atoms with van der Waals surface area (Å²) < 4.78 is 1.88. The van der Waals surface area contributed by atoms with Crippen LogP contribution in [0.5, 0.6) is 0 Å². The highest BCUT2D eigenvalue weighted by Crippen LogP contribution is 2.39. The van der Waals surface area contributed by atoms with Crippen molar-refractivity contribution in [3.05, 3.63) is 38.8 Å². The van der Waals surface area contributed by atoms with E-state index in [9.17, 15) is 9.59 Å². The van der Waals surface area contributed by atoms with Gasteiger partial charge in [-0.15, -0.1) is 11.3 Å². The standard InChI is InChI=1S/C18H25N5O2S/c1-10-16(11(2)23(4)21-10)17-12(6-15(24)22(17)3)7-20-8-14-5-13(9-26-14)18(19)25/h5,9,12,17,20H,6-8H2,1-4H3,(H2,19,25)/t12-,17+/m0/s1. The molecule has 8 heteroatoms. The second-order valence-electron chi connectivity index (χ2n) is 6.92. The normalized spacial score (nSPS) is 20.2. The van der Waals surface area contributed by atoms with Crippen LogP contribution in [0, 0.1) is 19.8 Å². The Morgan fingerprint density at radius 3 is 2.73 bits per heavy atom.